The van der Waals surface area contributed by atoms with E-state index in [1.165, 1.54) is 0 Å². The molecule has 0 spiro atoms. The van der Waals surface area contributed by atoms with Gasteiger partial charge in [-0.2, -0.15) is 4.98 Å². The van der Waals surface area contributed by atoms with E-state index in [-0.39, 0.29) is 5.91 Å². The highest BCUT2D eigenvalue weighted by Gasteiger charge is 2.23. The van der Waals surface area contributed by atoms with Crippen molar-refractivity contribution in [2.75, 3.05) is 17.2 Å². The zero-order chi connectivity index (χ0) is 18.1. The van der Waals surface area contributed by atoms with Gasteiger partial charge in [-0.15, -0.1) is 11.8 Å². The zero-order valence-corrected chi connectivity index (χ0v) is 15.7. The first-order valence-electron chi connectivity index (χ1n) is 8.27. The molecule has 1 amide bonds. The van der Waals surface area contributed by atoms with Crippen LogP contribution in [-0.2, 0) is 0 Å². The summed E-state index contributed by atoms with van der Waals surface area (Å²) in [7, 11) is 0. The van der Waals surface area contributed by atoms with Crippen molar-refractivity contribution in [1.29, 1.82) is 0 Å². The van der Waals surface area contributed by atoms with Gasteiger partial charge in [0.15, 0.2) is 5.82 Å². The Labute approximate surface area is 160 Å². The summed E-state index contributed by atoms with van der Waals surface area (Å²) in [5, 5.41) is 4.42. The van der Waals surface area contributed by atoms with Crippen molar-refractivity contribution in [2.24, 2.45) is 0 Å². The summed E-state index contributed by atoms with van der Waals surface area (Å²) in [4.78, 5) is 20.2. The molecule has 0 atom stereocenters. The van der Waals surface area contributed by atoms with Crippen LogP contribution in [0, 0.1) is 6.92 Å². The fourth-order valence-corrected chi connectivity index (χ4v) is 4.03. The van der Waals surface area contributed by atoms with Gasteiger partial charge in [-0.1, -0.05) is 16.8 Å². The first-order chi connectivity index (χ1) is 12.6. The van der Waals surface area contributed by atoms with Gasteiger partial charge in [-0.25, -0.2) is 0 Å². The molecule has 0 saturated heterocycles. The minimum atomic E-state index is -0.0377. The lowest BCUT2D eigenvalue weighted by Crippen LogP contribution is -2.31. The molecule has 0 unspecified atom stereocenters. The average Bonchev–Trinajstić information content (AvgIpc) is 2.98. The number of amides is 1. The normalized spacial score (nSPS) is 14.0. The molecule has 1 aliphatic rings. The van der Waals surface area contributed by atoms with Crippen LogP contribution in [-0.4, -0.2) is 28.3 Å². The minimum absolute atomic E-state index is 0.0377. The maximum atomic E-state index is 13.1. The van der Waals surface area contributed by atoms with Gasteiger partial charge in [0.1, 0.15) is 0 Å². The smallest absolute Gasteiger partial charge is 0.258 e. The van der Waals surface area contributed by atoms with Crippen LogP contribution in [0.5, 0.6) is 0 Å². The minimum Gasteiger partial charge on any atom is -0.334 e. The second-order valence-corrected chi connectivity index (χ2v) is 7.57. The van der Waals surface area contributed by atoms with Crippen LogP contribution in [0.2, 0.25) is 5.02 Å². The van der Waals surface area contributed by atoms with E-state index in [1.54, 1.807) is 30.8 Å². The maximum absolute atomic E-state index is 13.1. The largest absolute Gasteiger partial charge is 0.334 e. The summed E-state index contributed by atoms with van der Waals surface area (Å²) in [6.45, 7) is 2.44. The van der Waals surface area contributed by atoms with Gasteiger partial charge in [0.05, 0.1) is 5.69 Å². The predicted octanol–water partition coefficient (Wildman–Crippen LogP) is 4.84. The fraction of sp³-hybridized carbons (Fsp3) is 0.211. The maximum Gasteiger partial charge on any atom is 0.258 e. The van der Waals surface area contributed by atoms with Crippen LogP contribution in [0.3, 0.4) is 0 Å². The van der Waals surface area contributed by atoms with E-state index >= 15 is 0 Å². The number of hydrogen-bond donors (Lipinski definition) is 0. The molecule has 2 heterocycles. The standard InChI is InChI=1S/C19H16ClN3O2S/c1-12-21-18(25-22-12)13-3-5-14(6-4-13)19(24)23-9-2-10-26-17-8-7-15(20)11-16(17)23/h3-8,11H,2,9-10H2,1H3. The Balaban J connectivity index is 1.64. The molecule has 26 heavy (non-hydrogen) atoms. The quantitative estimate of drug-likeness (QED) is 0.631. The molecule has 0 aliphatic carbocycles. The highest BCUT2D eigenvalue weighted by molar-refractivity contribution is 7.99. The first-order valence-corrected chi connectivity index (χ1v) is 9.63. The number of carbonyl (C=O) groups is 1. The lowest BCUT2D eigenvalue weighted by atomic mass is 10.1. The number of benzene rings is 2. The number of halogens is 1. The van der Waals surface area contributed by atoms with E-state index in [0.29, 0.717) is 28.8 Å². The third-order valence-corrected chi connectivity index (χ3v) is 5.53. The van der Waals surface area contributed by atoms with Gasteiger partial charge in [0, 0.05) is 27.6 Å². The Morgan fingerprint density at radius 1 is 1.23 bits per heavy atom. The van der Waals surface area contributed by atoms with Crippen molar-refractivity contribution in [3.05, 3.63) is 58.9 Å². The van der Waals surface area contributed by atoms with Crippen LogP contribution < -0.4 is 4.90 Å². The highest BCUT2D eigenvalue weighted by Crippen LogP contribution is 2.36. The number of carbonyl (C=O) groups excluding carboxylic acids is 1. The van der Waals surface area contributed by atoms with Gasteiger partial charge in [0.2, 0.25) is 0 Å². The number of rotatable bonds is 2. The number of aryl methyl sites for hydroxylation is 1. The van der Waals surface area contributed by atoms with E-state index in [9.17, 15) is 4.79 Å². The summed E-state index contributed by atoms with van der Waals surface area (Å²) < 4.78 is 5.17. The Kier molecular flexibility index (Phi) is 4.70. The lowest BCUT2D eigenvalue weighted by Gasteiger charge is -2.23. The molecule has 2 aromatic carbocycles. The Morgan fingerprint density at radius 2 is 2.04 bits per heavy atom. The summed E-state index contributed by atoms with van der Waals surface area (Å²) in [5.74, 6) is 1.97. The van der Waals surface area contributed by atoms with E-state index in [2.05, 4.69) is 10.1 Å². The number of hydrogen-bond acceptors (Lipinski definition) is 5. The van der Waals surface area contributed by atoms with Gasteiger partial charge in [-0.05, 0) is 61.6 Å². The molecule has 0 N–H and O–H groups in total. The van der Waals surface area contributed by atoms with E-state index < -0.39 is 0 Å². The van der Waals surface area contributed by atoms with Crippen LogP contribution in [0.25, 0.3) is 11.5 Å². The topological polar surface area (TPSA) is 59.2 Å². The Hall–Kier alpha value is -2.31. The van der Waals surface area contributed by atoms with Crippen LogP contribution in [0.4, 0.5) is 5.69 Å². The number of anilines is 1. The number of fused-ring (bicyclic) bond motifs is 1. The molecule has 7 heteroatoms. The molecule has 0 radical (unpaired) electrons. The molecular weight excluding hydrogens is 370 g/mol. The van der Waals surface area contributed by atoms with Gasteiger partial charge < -0.3 is 9.42 Å². The van der Waals surface area contributed by atoms with Crippen molar-refractivity contribution in [3.63, 3.8) is 0 Å². The summed E-state index contributed by atoms with van der Waals surface area (Å²) in [6, 6.07) is 12.9. The second-order valence-electron chi connectivity index (χ2n) is 5.99. The molecule has 0 fully saturated rings. The summed E-state index contributed by atoms with van der Waals surface area (Å²) >= 11 is 7.92. The molecule has 1 aliphatic heterocycles. The molecule has 1 aromatic heterocycles. The summed E-state index contributed by atoms with van der Waals surface area (Å²) in [5.41, 5.74) is 2.28. The Morgan fingerprint density at radius 3 is 2.77 bits per heavy atom. The van der Waals surface area contributed by atoms with Gasteiger partial charge >= 0.3 is 0 Å². The molecule has 3 aromatic rings. The van der Waals surface area contributed by atoms with E-state index in [0.717, 1.165) is 28.3 Å². The molecule has 4 rings (SSSR count). The summed E-state index contributed by atoms with van der Waals surface area (Å²) in [6.07, 6.45) is 0.933. The van der Waals surface area contributed by atoms with E-state index in [1.807, 2.05) is 35.2 Å². The number of nitrogens with zero attached hydrogens (tertiary/aromatic N) is 3. The van der Waals surface area contributed by atoms with Crippen LogP contribution >= 0.6 is 23.4 Å². The van der Waals surface area contributed by atoms with Crippen molar-refractivity contribution >= 4 is 35.0 Å². The van der Waals surface area contributed by atoms with E-state index in [4.69, 9.17) is 16.1 Å². The lowest BCUT2D eigenvalue weighted by molar-refractivity contribution is 0.0986. The SMILES string of the molecule is Cc1noc(-c2ccc(C(=O)N3CCCSc4ccc(Cl)cc43)cc2)n1. The van der Waals surface area contributed by atoms with Crippen molar-refractivity contribution < 1.29 is 9.32 Å². The van der Waals surface area contributed by atoms with Crippen LogP contribution in [0.1, 0.15) is 22.6 Å². The third kappa shape index (κ3) is 3.34. The molecular formula is C19H16ClN3O2S. The average molecular weight is 386 g/mol. The monoisotopic (exact) mass is 385 g/mol. The van der Waals surface area contributed by atoms with Crippen molar-refractivity contribution in [3.8, 4) is 11.5 Å². The third-order valence-electron chi connectivity index (χ3n) is 4.15. The van der Waals surface area contributed by atoms with Crippen LogP contribution in [0.15, 0.2) is 51.9 Å². The fourth-order valence-electron chi connectivity index (χ4n) is 2.89. The van der Waals surface area contributed by atoms with Crippen molar-refractivity contribution in [1.82, 2.24) is 10.1 Å². The molecule has 5 nitrogen and oxygen atoms in total. The van der Waals surface area contributed by atoms with Gasteiger partial charge in [-0.3, -0.25) is 4.79 Å². The first kappa shape index (κ1) is 17.1. The zero-order valence-electron chi connectivity index (χ0n) is 14.1. The Bertz CT molecular complexity index is 956. The molecule has 0 bridgehead atoms. The number of aromatic nitrogens is 2. The highest BCUT2D eigenvalue weighted by atomic mass is 35.5. The number of thioether (sulfide) groups is 1. The van der Waals surface area contributed by atoms with Gasteiger partial charge in [0.25, 0.3) is 11.8 Å². The molecule has 0 saturated carbocycles. The second kappa shape index (κ2) is 7.13. The predicted molar refractivity (Wildman–Crippen MR) is 103 cm³/mol. The van der Waals surface area contributed by atoms with Crippen molar-refractivity contribution in [2.45, 2.75) is 18.2 Å². The molecule has 132 valence electrons.